The smallest absolute Gasteiger partial charge is 0.331 e. The van der Waals surface area contributed by atoms with Crippen molar-refractivity contribution in [3.63, 3.8) is 0 Å². The number of ether oxygens (including phenoxy) is 1. The molecule has 0 spiro atoms. The molecule has 2 unspecified atom stereocenters. The first-order chi connectivity index (χ1) is 10.1. The fraction of sp³-hybridized carbons (Fsp3) is 0.562. The second-order valence-corrected chi connectivity index (χ2v) is 5.81. The number of esters is 1. The lowest BCUT2D eigenvalue weighted by Gasteiger charge is -2.37. The van der Waals surface area contributed by atoms with Crippen molar-refractivity contribution in [2.24, 2.45) is 0 Å². The summed E-state index contributed by atoms with van der Waals surface area (Å²) >= 11 is 0. The molecule has 0 radical (unpaired) electrons. The number of carbonyl (C=O) groups is 1. The predicted molar refractivity (Wildman–Crippen MR) is 77.5 cm³/mol. The van der Waals surface area contributed by atoms with Gasteiger partial charge in [-0.2, -0.15) is 0 Å². The van der Waals surface area contributed by atoms with E-state index < -0.39 is 17.2 Å². The summed E-state index contributed by atoms with van der Waals surface area (Å²) in [7, 11) is 0. The first kappa shape index (κ1) is 14.5. The average molecular weight is 292 g/mol. The van der Waals surface area contributed by atoms with Crippen LogP contribution in [0, 0.1) is 0 Å². The molecule has 1 aromatic rings. The molecule has 21 heavy (non-hydrogen) atoms. The molecule has 0 saturated carbocycles. The van der Waals surface area contributed by atoms with E-state index in [0.29, 0.717) is 26.1 Å². The number of alkyl halides is 1. The summed E-state index contributed by atoms with van der Waals surface area (Å²) in [6.45, 7) is 3.70. The van der Waals surface area contributed by atoms with Crippen LogP contribution in [0.5, 0.6) is 0 Å². The van der Waals surface area contributed by atoms with Crippen molar-refractivity contribution in [3.8, 4) is 0 Å². The summed E-state index contributed by atoms with van der Waals surface area (Å²) in [5.74, 6) is -0.439. The average Bonchev–Trinajstić information content (AvgIpc) is 2.95. The van der Waals surface area contributed by atoms with Gasteiger partial charge in [0.1, 0.15) is 0 Å². The molecule has 5 heteroatoms. The van der Waals surface area contributed by atoms with Gasteiger partial charge in [0.2, 0.25) is 0 Å². The number of hydrogen-bond donors (Lipinski definition) is 1. The number of nitrogens with zero attached hydrogens (tertiary/aromatic N) is 1. The highest BCUT2D eigenvalue weighted by molar-refractivity contribution is 5.84. The van der Waals surface area contributed by atoms with E-state index in [-0.39, 0.29) is 13.2 Å². The lowest BCUT2D eigenvalue weighted by atomic mass is 9.85. The van der Waals surface area contributed by atoms with E-state index >= 15 is 4.39 Å². The zero-order valence-corrected chi connectivity index (χ0v) is 12.3. The van der Waals surface area contributed by atoms with E-state index in [1.807, 2.05) is 35.2 Å². The van der Waals surface area contributed by atoms with Crippen LogP contribution in [-0.2, 0) is 16.1 Å². The Hall–Kier alpha value is -1.46. The van der Waals surface area contributed by atoms with Crippen molar-refractivity contribution in [2.45, 2.75) is 31.1 Å². The summed E-state index contributed by atoms with van der Waals surface area (Å²) in [6.07, 6.45) is 0.367. The highest BCUT2D eigenvalue weighted by Gasteiger charge is 2.68. The maximum atomic E-state index is 15.3. The van der Waals surface area contributed by atoms with E-state index in [9.17, 15) is 4.79 Å². The van der Waals surface area contributed by atoms with Gasteiger partial charge >= 0.3 is 5.97 Å². The molecular formula is C16H21FN2O2. The molecule has 2 aliphatic rings. The zero-order chi connectivity index (χ0) is 14.9. The Labute approximate surface area is 124 Å². The first-order valence-corrected chi connectivity index (χ1v) is 7.48. The molecule has 0 bridgehead atoms. The van der Waals surface area contributed by atoms with Gasteiger partial charge in [0.15, 0.2) is 11.2 Å². The van der Waals surface area contributed by atoms with E-state index in [2.05, 4.69) is 5.32 Å². The van der Waals surface area contributed by atoms with Crippen LogP contribution in [0.15, 0.2) is 30.3 Å². The standard InChI is InChI=1S/C16H21FN2O2/c1-2-21-14(20)16-12-18-11-15(16,17)8-9-19(16)10-13-6-4-3-5-7-13/h3-7,18H,2,8-12H2,1H3. The van der Waals surface area contributed by atoms with Gasteiger partial charge in [-0.15, -0.1) is 0 Å². The number of nitrogens with one attached hydrogen (secondary N) is 1. The lowest BCUT2D eigenvalue weighted by molar-refractivity contribution is -0.161. The van der Waals surface area contributed by atoms with Gasteiger partial charge in [-0.3, -0.25) is 4.90 Å². The number of benzene rings is 1. The van der Waals surface area contributed by atoms with E-state index in [4.69, 9.17) is 4.74 Å². The highest BCUT2D eigenvalue weighted by Crippen LogP contribution is 2.45. The van der Waals surface area contributed by atoms with Crippen LogP contribution >= 0.6 is 0 Å². The Morgan fingerprint density at radius 1 is 1.38 bits per heavy atom. The summed E-state index contributed by atoms with van der Waals surface area (Å²) in [4.78, 5) is 14.5. The number of fused-ring (bicyclic) bond motifs is 1. The van der Waals surface area contributed by atoms with Crippen molar-refractivity contribution in [3.05, 3.63) is 35.9 Å². The van der Waals surface area contributed by atoms with Crippen molar-refractivity contribution in [1.82, 2.24) is 10.2 Å². The maximum absolute atomic E-state index is 15.3. The largest absolute Gasteiger partial charge is 0.464 e. The zero-order valence-electron chi connectivity index (χ0n) is 12.3. The fourth-order valence-corrected chi connectivity index (χ4v) is 3.59. The second kappa shape index (κ2) is 5.39. The Kier molecular flexibility index (Phi) is 3.71. The third-order valence-electron chi connectivity index (χ3n) is 4.67. The summed E-state index contributed by atoms with van der Waals surface area (Å²) in [5.41, 5.74) is -1.63. The number of likely N-dealkylation sites (tertiary alicyclic amines) is 1. The second-order valence-electron chi connectivity index (χ2n) is 5.81. The Morgan fingerprint density at radius 3 is 2.86 bits per heavy atom. The van der Waals surface area contributed by atoms with Crippen LogP contribution in [0.4, 0.5) is 4.39 Å². The molecule has 0 aliphatic carbocycles. The molecule has 1 aromatic carbocycles. The molecule has 2 heterocycles. The predicted octanol–water partition coefficient (Wildman–Crippen LogP) is 1.51. The van der Waals surface area contributed by atoms with Crippen molar-refractivity contribution in [1.29, 1.82) is 0 Å². The molecule has 2 aliphatic heterocycles. The quantitative estimate of drug-likeness (QED) is 0.854. The van der Waals surface area contributed by atoms with Crippen LogP contribution in [0.25, 0.3) is 0 Å². The molecule has 4 nitrogen and oxygen atoms in total. The summed E-state index contributed by atoms with van der Waals surface area (Å²) < 4.78 is 20.5. The summed E-state index contributed by atoms with van der Waals surface area (Å²) in [6, 6.07) is 9.86. The van der Waals surface area contributed by atoms with Gasteiger partial charge in [0, 0.05) is 26.2 Å². The molecule has 0 aromatic heterocycles. The molecule has 1 N–H and O–H groups in total. The van der Waals surface area contributed by atoms with E-state index in [1.54, 1.807) is 6.92 Å². The van der Waals surface area contributed by atoms with Gasteiger partial charge < -0.3 is 10.1 Å². The molecule has 3 rings (SSSR count). The number of hydrogen-bond acceptors (Lipinski definition) is 4. The molecule has 0 amide bonds. The Balaban J connectivity index is 1.91. The lowest BCUT2D eigenvalue weighted by Crippen LogP contribution is -2.61. The fourth-order valence-electron chi connectivity index (χ4n) is 3.59. The van der Waals surface area contributed by atoms with Crippen LogP contribution in [-0.4, -0.2) is 48.3 Å². The number of carbonyl (C=O) groups excluding carboxylic acids is 1. The van der Waals surface area contributed by atoms with Crippen molar-refractivity contribution >= 4 is 5.97 Å². The molecular weight excluding hydrogens is 271 g/mol. The van der Waals surface area contributed by atoms with Crippen LogP contribution in [0.1, 0.15) is 18.9 Å². The third kappa shape index (κ3) is 2.15. The van der Waals surface area contributed by atoms with Crippen LogP contribution in [0.2, 0.25) is 0 Å². The number of rotatable bonds is 4. The minimum atomic E-state index is -1.53. The van der Waals surface area contributed by atoms with Gasteiger partial charge in [0.25, 0.3) is 0 Å². The van der Waals surface area contributed by atoms with E-state index in [1.165, 1.54) is 0 Å². The minimum Gasteiger partial charge on any atom is -0.464 e. The highest BCUT2D eigenvalue weighted by atomic mass is 19.1. The first-order valence-electron chi connectivity index (χ1n) is 7.48. The topological polar surface area (TPSA) is 41.6 Å². The Morgan fingerprint density at radius 2 is 2.14 bits per heavy atom. The monoisotopic (exact) mass is 292 g/mol. The van der Waals surface area contributed by atoms with Crippen molar-refractivity contribution in [2.75, 3.05) is 26.2 Å². The number of halogens is 1. The Bertz CT molecular complexity index is 524. The molecule has 2 saturated heterocycles. The third-order valence-corrected chi connectivity index (χ3v) is 4.67. The molecule has 114 valence electrons. The van der Waals surface area contributed by atoms with Crippen LogP contribution < -0.4 is 5.32 Å². The van der Waals surface area contributed by atoms with Gasteiger partial charge in [-0.25, -0.2) is 9.18 Å². The normalized spacial score (nSPS) is 32.1. The summed E-state index contributed by atoms with van der Waals surface area (Å²) in [5, 5.41) is 3.04. The van der Waals surface area contributed by atoms with E-state index in [0.717, 1.165) is 5.56 Å². The van der Waals surface area contributed by atoms with Gasteiger partial charge in [-0.05, 0) is 18.9 Å². The molecule has 2 fully saturated rings. The maximum Gasteiger partial charge on any atom is 0.331 e. The van der Waals surface area contributed by atoms with Crippen molar-refractivity contribution < 1.29 is 13.9 Å². The SMILES string of the molecule is CCOC(=O)C12CNCC1(F)CCN2Cc1ccccc1. The van der Waals surface area contributed by atoms with Gasteiger partial charge in [-0.1, -0.05) is 30.3 Å². The minimum absolute atomic E-state index is 0.219. The molecule has 2 atom stereocenters. The van der Waals surface area contributed by atoms with Gasteiger partial charge in [0.05, 0.1) is 6.61 Å². The van der Waals surface area contributed by atoms with Crippen LogP contribution in [0.3, 0.4) is 0 Å².